The van der Waals surface area contributed by atoms with Crippen LogP contribution in [0.15, 0.2) is 57.7 Å². The monoisotopic (exact) mass is 438 g/mol. The number of nitrogens with one attached hydrogen (secondary N) is 1. The van der Waals surface area contributed by atoms with E-state index in [1.54, 1.807) is 31.4 Å². The molecule has 0 saturated carbocycles. The average Bonchev–Trinajstić information content (AvgIpc) is 2.79. The normalized spacial score (nSPS) is 11.7. The molecule has 3 aromatic rings. The molecule has 2 aromatic carbocycles. The molecule has 0 saturated heterocycles. The fraction of sp³-hybridized carbons (Fsp3) is 0.292. The van der Waals surface area contributed by atoms with Gasteiger partial charge in [0.15, 0.2) is 6.61 Å². The molecule has 0 fully saturated rings. The number of carbonyl (C=O) groups excluding carboxylic acids is 2. The van der Waals surface area contributed by atoms with Gasteiger partial charge in [-0.2, -0.15) is 0 Å². The van der Waals surface area contributed by atoms with Gasteiger partial charge in [-0.1, -0.05) is 31.9 Å². The first-order valence-corrected chi connectivity index (χ1v) is 10.3. The van der Waals surface area contributed by atoms with Crippen LogP contribution >= 0.6 is 0 Å². The fourth-order valence-electron chi connectivity index (χ4n) is 3.28. The number of aliphatic carboxylic acids is 1. The largest absolute Gasteiger partial charge is 0.548 e. The molecule has 0 aliphatic rings. The number of carbonyl (C=O) groups is 2. The van der Waals surface area contributed by atoms with Crippen LogP contribution in [-0.4, -0.2) is 31.6 Å². The smallest absolute Gasteiger partial charge is 0.336 e. The van der Waals surface area contributed by atoms with Crippen LogP contribution in [-0.2, 0) is 9.59 Å². The van der Waals surface area contributed by atoms with Crippen molar-refractivity contribution in [2.75, 3.05) is 13.7 Å². The number of carboxylic acids is 1. The minimum absolute atomic E-state index is 0.292. The summed E-state index contributed by atoms with van der Waals surface area (Å²) < 4.78 is 16.0. The molecular formula is C24H24NO7-. The number of rotatable bonds is 10. The average molecular weight is 438 g/mol. The van der Waals surface area contributed by atoms with Crippen LogP contribution in [0.25, 0.3) is 22.1 Å². The van der Waals surface area contributed by atoms with E-state index >= 15 is 0 Å². The molecule has 0 spiro atoms. The van der Waals surface area contributed by atoms with E-state index in [0.717, 1.165) is 12.0 Å². The number of fused-ring (bicyclic) bond motifs is 1. The molecule has 1 atom stereocenters. The number of ether oxygens (including phenoxy) is 2. The molecule has 0 aliphatic carbocycles. The van der Waals surface area contributed by atoms with Crippen molar-refractivity contribution in [1.29, 1.82) is 0 Å². The van der Waals surface area contributed by atoms with Crippen molar-refractivity contribution in [2.24, 2.45) is 0 Å². The lowest BCUT2D eigenvalue weighted by atomic mass is 10.0. The molecule has 1 heterocycles. The number of hydrogen-bond donors (Lipinski definition) is 1. The second-order valence-corrected chi connectivity index (χ2v) is 7.24. The lowest BCUT2D eigenvalue weighted by Gasteiger charge is -2.19. The molecular weight excluding hydrogens is 414 g/mol. The van der Waals surface area contributed by atoms with Crippen LogP contribution in [0.2, 0.25) is 0 Å². The topological polar surface area (TPSA) is 118 Å². The van der Waals surface area contributed by atoms with Gasteiger partial charge in [0, 0.05) is 17.5 Å². The summed E-state index contributed by atoms with van der Waals surface area (Å²) in [6.45, 7) is 1.54. The first-order chi connectivity index (χ1) is 15.4. The second-order valence-electron chi connectivity index (χ2n) is 7.24. The lowest BCUT2D eigenvalue weighted by Crippen LogP contribution is -2.49. The van der Waals surface area contributed by atoms with E-state index in [1.165, 1.54) is 12.1 Å². The van der Waals surface area contributed by atoms with Crippen molar-refractivity contribution in [3.63, 3.8) is 0 Å². The van der Waals surface area contributed by atoms with Crippen molar-refractivity contribution < 1.29 is 28.6 Å². The summed E-state index contributed by atoms with van der Waals surface area (Å²) in [5.74, 6) is -0.902. The molecule has 3 rings (SSSR count). The highest BCUT2D eigenvalue weighted by Crippen LogP contribution is 2.30. The third-order valence-electron chi connectivity index (χ3n) is 4.95. The van der Waals surface area contributed by atoms with E-state index < -0.39 is 23.5 Å². The molecule has 0 unspecified atom stereocenters. The van der Waals surface area contributed by atoms with Gasteiger partial charge in [-0.3, -0.25) is 4.79 Å². The van der Waals surface area contributed by atoms with Gasteiger partial charge >= 0.3 is 5.63 Å². The maximum Gasteiger partial charge on any atom is 0.336 e. The van der Waals surface area contributed by atoms with Gasteiger partial charge in [-0.25, -0.2) is 4.79 Å². The first kappa shape index (κ1) is 22.9. The van der Waals surface area contributed by atoms with Crippen LogP contribution in [0.4, 0.5) is 0 Å². The van der Waals surface area contributed by atoms with Crippen LogP contribution in [0.1, 0.15) is 26.2 Å². The predicted molar refractivity (Wildman–Crippen MR) is 116 cm³/mol. The molecule has 0 radical (unpaired) electrons. The maximum atomic E-state index is 12.1. The zero-order chi connectivity index (χ0) is 23.1. The Morgan fingerprint density at radius 2 is 1.81 bits per heavy atom. The summed E-state index contributed by atoms with van der Waals surface area (Å²) in [6.07, 6.45) is 1.75. The van der Waals surface area contributed by atoms with Crippen LogP contribution in [0.5, 0.6) is 11.5 Å². The van der Waals surface area contributed by atoms with Gasteiger partial charge in [0.2, 0.25) is 0 Å². The van der Waals surface area contributed by atoms with E-state index in [0.29, 0.717) is 40.9 Å². The van der Waals surface area contributed by atoms with Gasteiger partial charge in [0.1, 0.15) is 17.1 Å². The second kappa shape index (κ2) is 10.5. The highest BCUT2D eigenvalue weighted by molar-refractivity contribution is 5.94. The number of carboxylic acid groups (broad SMARTS) is 1. The Kier molecular flexibility index (Phi) is 7.49. The molecule has 1 aromatic heterocycles. The van der Waals surface area contributed by atoms with Crippen molar-refractivity contribution in [1.82, 2.24) is 5.32 Å². The highest BCUT2D eigenvalue weighted by Gasteiger charge is 2.14. The standard InChI is InChI=1S/C24H25NO7/c1-3-4-5-20(24(28)29)25-22(26)14-31-17-10-11-18-19(13-23(27)32-21(18)12-17)15-6-8-16(30-2)9-7-15/h6-13,20H,3-5,14H2,1-2H3,(H,25,26)(H,28,29)/p-1/t20-/m0/s1. The summed E-state index contributed by atoms with van der Waals surface area (Å²) in [5, 5.41) is 14.3. The van der Waals surface area contributed by atoms with Crippen LogP contribution < -0.4 is 25.5 Å². The van der Waals surface area contributed by atoms with E-state index in [-0.39, 0.29) is 6.61 Å². The summed E-state index contributed by atoms with van der Waals surface area (Å²) in [5.41, 5.74) is 1.29. The quantitative estimate of drug-likeness (QED) is 0.483. The first-order valence-electron chi connectivity index (χ1n) is 10.3. The fourth-order valence-corrected chi connectivity index (χ4v) is 3.28. The minimum atomic E-state index is -1.33. The molecule has 0 aliphatic heterocycles. The van der Waals surface area contributed by atoms with Crippen LogP contribution in [0.3, 0.4) is 0 Å². The summed E-state index contributed by atoms with van der Waals surface area (Å²) in [6, 6.07) is 12.5. The Morgan fingerprint density at radius 1 is 1.09 bits per heavy atom. The molecule has 8 heteroatoms. The van der Waals surface area contributed by atoms with E-state index in [1.807, 2.05) is 19.1 Å². The zero-order valence-electron chi connectivity index (χ0n) is 17.9. The molecule has 168 valence electrons. The number of methoxy groups -OCH3 is 1. The summed E-state index contributed by atoms with van der Waals surface area (Å²) in [4.78, 5) is 35.3. The maximum absolute atomic E-state index is 12.1. The SMILES string of the molecule is CCCC[C@H](NC(=O)COc1ccc2c(-c3ccc(OC)cc3)cc(=O)oc2c1)C(=O)[O-]. The Morgan fingerprint density at radius 3 is 2.47 bits per heavy atom. The Labute approximate surface area is 184 Å². The zero-order valence-corrected chi connectivity index (χ0v) is 17.9. The lowest BCUT2D eigenvalue weighted by molar-refractivity contribution is -0.308. The van der Waals surface area contributed by atoms with Gasteiger partial charge in [0.05, 0.1) is 19.1 Å². The number of hydrogen-bond acceptors (Lipinski definition) is 7. The van der Waals surface area contributed by atoms with Crippen molar-refractivity contribution in [3.05, 3.63) is 59.0 Å². The predicted octanol–water partition coefficient (Wildman–Crippen LogP) is 2.27. The summed E-state index contributed by atoms with van der Waals surface area (Å²) >= 11 is 0. The van der Waals surface area contributed by atoms with Crippen LogP contribution in [0, 0.1) is 0 Å². The van der Waals surface area contributed by atoms with E-state index in [9.17, 15) is 19.5 Å². The third kappa shape index (κ3) is 5.66. The van der Waals surface area contributed by atoms with E-state index in [2.05, 4.69) is 5.32 Å². The number of unbranched alkanes of at least 4 members (excludes halogenated alkanes) is 1. The number of amides is 1. The van der Waals surface area contributed by atoms with E-state index in [4.69, 9.17) is 13.9 Å². The Hall–Kier alpha value is -3.81. The number of benzene rings is 2. The van der Waals surface area contributed by atoms with Gasteiger partial charge in [0.25, 0.3) is 5.91 Å². The molecule has 0 bridgehead atoms. The van der Waals surface area contributed by atoms with Gasteiger partial charge in [-0.15, -0.1) is 0 Å². The Balaban J connectivity index is 1.76. The third-order valence-corrected chi connectivity index (χ3v) is 4.95. The molecule has 1 amide bonds. The van der Waals surface area contributed by atoms with Crippen molar-refractivity contribution in [3.8, 4) is 22.6 Å². The molecule has 1 N–H and O–H groups in total. The minimum Gasteiger partial charge on any atom is -0.548 e. The molecule has 32 heavy (non-hydrogen) atoms. The van der Waals surface area contributed by atoms with Crippen molar-refractivity contribution in [2.45, 2.75) is 32.2 Å². The highest BCUT2D eigenvalue weighted by atomic mass is 16.5. The van der Waals surface area contributed by atoms with Crippen molar-refractivity contribution >= 4 is 22.8 Å². The molecule has 8 nitrogen and oxygen atoms in total. The summed E-state index contributed by atoms with van der Waals surface area (Å²) in [7, 11) is 1.58. The van der Waals surface area contributed by atoms with Gasteiger partial charge in [-0.05, 0) is 41.8 Å². The van der Waals surface area contributed by atoms with Gasteiger partial charge < -0.3 is 29.1 Å². The Bertz CT molecular complexity index is 1150.